The SMILES string of the molecule is COc1cc(OC)c2ccc(=O)oc2c1OC/C=C(\C)CCC=C(C)C. The van der Waals surface area contributed by atoms with Gasteiger partial charge in [0, 0.05) is 12.1 Å². The lowest BCUT2D eigenvalue weighted by atomic mass is 10.1. The molecule has 0 aliphatic carbocycles. The van der Waals surface area contributed by atoms with Crippen LogP contribution in [0.5, 0.6) is 17.2 Å². The normalized spacial score (nSPS) is 11.3. The molecule has 0 aliphatic heterocycles. The smallest absolute Gasteiger partial charge is 0.336 e. The molecule has 1 aromatic carbocycles. The second kappa shape index (κ2) is 9.13. The van der Waals surface area contributed by atoms with Gasteiger partial charge in [0.25, 0.3) is 0 Å². The Hall–Kier alpha value is -2.69. The lowest BCUT2D eigenvalue weighted by molar-refractivity contribution is 0.320. The molecule has 2 rings (SSSR count). The van der Waals surface area contributed by atoms with Crippen molar-refractivity contribution in [1.82, 2.24) is 0 Å². The maximum absolute atomic E-state index is 11.7. The van der Waals surface area contributed by atoms with Gasteiger partial charge in [-0.25, -0.2) is 4.79 Å². The van der Waals surface area contributed by atoms with Crippen molar-refractivity contribution in [3.63, 3.8) is 0 Å². The molecular formula is C21H26O5. The fraction of sp³-hybridized carbons (Fsp3) is 0.381. The topological polar surface area (TPSA) is 57.9 Å². The van der Waals surface area contributed by atoms with Crippen LogP contribution in [0, 0.1) is 0 Å². The fourth-order valence-corrected chi connectivity index (χ4v) is 2.57. The third kappa shape index (κ3) is 4.91. The van der Waals surface area contributed by atoms with Gasteiger partial charge in [-0.2, -0.15) is 0 Å². The first kappa shape index (κ1) is 19.6. The largest absolute Gasteiger partial charge is 0.496 e. The first-order chi connectivity index (χ1) is 12.5. The van der Waals surface area contributed by atoms with E-state index in [2.05, 4.69) is 26.8 Å². The number of methoxy groups -OCH3 is 2. The number of rotatable bonds is 8. The van der Waals surface area contributed by atoms with Crippen molar-refractivity contribution in [1.29, 1.82) is 0 Å². The Morgan fingerprint density at radius 1 is 1.08 bits per heavy atom. The van der Waals surface area contributed by atoms with E-state index in [1.54, 1.807) is 19.2 Å². The van der Waals surface area contributed by atoms with Crippen LogP contribution in [0.4, 0.5) is 0 Å². The highest BCUT2D eigenvalue weighted by molar-refractivity contribution is 5.91. The molecule has 5 heteroatoms. The van der Waals surface area contributed by atoms with Crippen molar-refractivity contribution in [3.05, 3.63) is 51.9 Å². The number of benzene rings is 1. The van der Waals surface area contributed by atoms with E-state index >= 15 is 0 Å². The Kier molecular flexibility index (Phi) is 6.89. The molecule has 0 saturated carbocycles. The second-order valence-electron chi connectivity index (χ2n) is 6.29. The van der Waals surface area contributed by atoms with Gasteiger partial charge in [-0.1, -0.05) is 17.2 Å². The molecular weight excluding hydrogens is 332 g/mol. The van der Waals surface area contributed by atoms with Gasteiger partial charge >= 0.3 is 5.63 Å². The third-order valence-corrected chi connectivity index (χ3v) is 3.98. The second-order valence-corrected chi connectivity index (χ2v) is 6.29. The van der Waals surface area contributed by atoms with Crippen LogP contribution in [0.15, 0.2) is 50.7 Å². The van der Waals surface area contributed by atoms with Gasteiger partial charge in [0.05, 0.1) is 19.6 Å². The highest BCUT2D eigenvalue weighted by Crippen LogP contribution is 2.40. The Balaban J connectivity index is 2.27. The van der Waals surface area contributed by atoms with Gasteiger partial charge in [-0.05, 0) is 45.8 Å². The molecule has 0 unspecified atom stereocenters. The fourth-order valence-electron chi connectivity index (χ4n) is 2.57. The van der Waals surface area contributed by atoms with Crippen LogP contribution >= 0.6 is 0 Å². The van der Waals surface area contributed by atoms with E-state index in [0.717, 1.165) is 12.8 Å². The van der Waals surface area contributed by atoms with Crippen LogP contribution in [0.25, 0.3) is 11.0 Å². The number of hydrogen-bond acceptors (Lipinski definition) is 5. The molecule has 1 aromatic heterocycles. The molecule has 0 saturated heterocycles. The van der Waals surface area contributed by atoms with Gasteiger partial charge in [0.2, 0.25) is 5.75 Å². The maximum atomic E-state index is 11.7. The predicted octanol–water partition coefficient (Wildman–Crippen LogP) is 4.88. The van der Waals surface area contributed by atoms with Crippen molar-refractivity contribution in [3.8, 4) is 17.2 Å². The molecule has 0 radical (unpaired) electrons. The minimum Gasteiger partial charge on any atom is -0.496 e. The Bertz CT molecular complexity index is 870. The van der Waals surface area contributed by atoms with Crippen LogP contribution in [-0.4, -0.2) is 20.8 Å². The van der Waals surface area contributed by atoms with Crippen molar-refractivity contribution < 1.29 is 18.6 Å². The van der Waals surface area contributed by atoms with Crippen molar-refractivity contribution in [2.24, 2.45) is 0 Å². The highest BCUT2D eigenvalue weighted by Gasteiger charge is 2.17. The molecule has 26 heavy (non-hydrogen) atoms. The summed E-state index contributed by atoms with van der Waals surface area (Å²) in [6.45, 7) is 6.62. The van der Waals surface area contributed by atoms with Gasteiger partial charge in [-0.15, -0.1) is 0 Å². The standard InChI is InChI=1S/C21H26O5/c1-14(2)7-6-8-15(3)11-12-25-21-18(24-5)13-17(23-4)16-9-10-19(22)26-20(16)21/h7,9-11,13H,6,8,12H2,1-5H3/b15-11+. The molecule has 0 amide bonds. The predicted molar refractivity (Wildman–Crippen MR) is 104 cm³/mol. The average molecular weight is 358 g/mol. The van der Waals surface area contributed by atoms with Crippen LogP contribution < -0.4 is 19.8 Å². The Labute approximate surface area is 153 Å². The summed E-state index contributed by atoms with van der Waals surface area (Å²) in [6.07, 6.45) is 6.22. The molecule has 0 atom stereocenters. The first-order valence-electron chi connectivity index (χ1n) is 8.57. The van der Waals surface area contributed by atoms with E-state index in [9.17, 15) is 4.79 Å². The minimum atomic E-state index is -0.453. The molecule has 0 bridgehead atoms. The summed E-state index contributed by atoms with van der Waals surface area (Å²) >= 11 is 0. The van der Waals surface area contributed by atoms with Crippen LogP contribution in [0.3, 0.4) is 0 Å². The Morgan fingerprint density at radius 3 is 2.46 bits per heavy atom. The minimum absolute atomic E-state index is 0.323. The zero-order valence-corrected chi connectivity index (χ0v) is 16.0. The summed E-state index contributed by atoms with van der Waals surface area (Å²) in [4.78, 5) is 11.7. The van der Waals surface area contributed by atoms with E-state index in [0.29, 0.717) is 34.8 Å². The van der Waals surface area contributed by atoms with E-state index in [-0.39, 0.29) is 0 Å². The van der Waals surface area contributed by atoms with E-state index in [4.69, 9.17) is 18.6 Å². The molecule has 140 valence electrons. The summed E-state index contributed by atoms with van der Waals surface area (Å²) < 4.78 is 22.0. The zero-order valence-electron chi connectivity index (χ0n) is 16.0. The lowest BCUT2D eigenvalue weighted by Gasteiger charge is -2.14. The summed E-state index contributed by atoms with van der Waals surface area (Å²) in [5.41, 5.74) is 2.43. The summed E-state index contributed by atoms with van der Waals surface area (Å²) in [7, 11) is 3.09. The molecule has 2 aromatic rings. The van der Waals surface area contributed by atoms with Gasteiger partial charge in [0.15, 0.2) is 11.3 Å². The van der Waals surface area contributed by atoms with E-state index in [1.165, 1.54) is 24.3 Å². The quantitative estimate of drug-likeness (QED) is 0.497. The average Bonchev–Trinajstić information content (AvgIpc) is 2.61. The highest BCUT2D eigenvalue weighted by atomic mass is 16.5. The number of hydrogen-bond donors (Lipinski definition) is 0. The van der Waals surface area contributed by atoms with E-state index < -0.39 is 5.63 Å². The number of fused-ring (bicyclic) bond motifs is 1. The maximum Gasteiger partial charge on any atom is 0.336 e. The van der Waals surface area contributed by atoms with Crippen molar-refractivity contribution in [2.45, 2.75) is 33.6 Å². The first-order valence-corrected chi connectivity index (χ1v) is 8.57. The number of ether oxygens (including phenoxy) is 3. The van der Waals surface area contributed by atoms with Crippen LogP contribution in [0.1, 0.15) is 33.6 Å². The van der Waals surface area contributed by atoms with Gasteiger partial charge in [0.1, 0.15) is 12.4 Å². The van der Waals surface area contributed by atoms with Crippen molar-refractivity contribution in [2.75, 3.05) is 20.8 Å². The Morgan fingerprint density at radius 2 is 1.81 bits per heavy atom. The summed E-state index contributed by atoms with van der Waals surface area (Å²) in [5, 5.41) is 0.659. The molecule has 1 heterocycles. The lowest BCUT2D eigenvalue weighted by Crippen LogP contribution is -2.02. The monoisotopic (exact) mass is 358 g/mol. The summed E-state index contributed by atoms with van der Waals surface area (Å²) in [5.74, 6) is 1.41. The number of allylic oxidation sites excluding steroid dienone is 3. The molecule has 0 N–H and O–H groups in total. The van der Waals surface area contributed by atoms with Gasteiger partial charge < -0.3 is 18.6 Å². The van der Waals surface area contributed by atoms with Crippen LogP contribution in [-0.2, 0) is 0 Å². The molecule has 0 fully saturated rings. The summed E-state index contributed by atoms with van der Waals surface area (Å²) in [6, 6.07) is 4.74. The third-order valence-electron chi connectivity index (χ3n) is 3.98. The molecule has 0 spiro atoms. The molecule has 5 nitrogen and oxygen atoms in total. The van der Waals surface area contributed by atoms with E-state index in [1.807, 2.05) is 6.08 Å². The van der Waals surface area contributed by atoms with Crippen molar-refractivity contribution >= 4 is 11.0 Å². The van der Waals surface area contributed by atoms with Gasteiger partial charge in [-0.3, -0.25) is 0 Å². The van der Waals surface area contributed by atoms with Crippen LogP contribution in [0.2, 0.25) is 0 Å². The molecule has 0 aliphatic rings. The zero-order chi connectivity index (χ0) is 19.1.